The molecule has 1 aliphatic carbocycles. The van der Waals surface area contributed by atoms with Crippen molar-refractivity contribution in [2.24, 2.45) is 5.92 Å². The van der Waals surface area contributed by atoms with E-state index in [2.05, 4.69) is 12.2 Å². The first-order valence-electron chi connectivity index (χ1n) is 5.91. The molecule has 1 aromatic carbocycles. The molecule has 1 nitrogen and oxygen atoms in total. The van der Waals surface area contributed by atoms with Crippen LogP contribution in [0.5, 0.6) is 0 Å². The van der Waals surface area contributed by atoms with Gasteiger partial charge in [0.15, 0.2) is 0 Å². The molecule has 1 atom stereocenters. The van der Waals surface area contributed by atoms with Crippen LogP contribution in [0.1, 0.15) is 37.8 Å². The molecule has 1 saturated carbocycles. The van der Waals surface area contributed by atoms with Crippen molar-refractivity contribution < 1.29 is 8.78 Å². The van der Waals surface area contributed by atoms with E-state index < -0.39 is 11.6 Å². The number of halogens is 2. The lowest BCUT2D eigenvalue weighted by Crippen LogP contribution is -2.25. The van der Waals surface area contributed by atoms with Crippen LogP contribution in [0, 0.1) is 17.6 Å². The van der Waals surface area contributed by atoms with Crippen LogP contribution in [0.15, 0.2) is 18.2 Å². The van der Waals surface area contributed by atoms with E-state index in [1.54, 1.807) is 0 Å². The van der Waals surface area contributed by atoms with E-state index in [-0.39, 0.29) is 11.6 Å². The summed E-state index contributed by atoms with van der Waals surface area (Å²) in [4.78, 5) is 0. The Morgan fingerprint density at radius 1 is 1.31 bits per heavy atom. The summed E-state index contributed by atoms with van der Waals surface area (Å²) in [6, 6.07) is 3.93. The molecule has 1 aromatic rings. The number of hydrogen-bond donors (Lipinski definition) is 1. The van der Waals surface area contributed by atoms with Gasteiger partial charge in [-0.25, -0.2) is 8.78 Å². The Kier molecular flexibility index (Phi) is 3.54. The van der Waals surface area contributed by atoms with Gasteiger partial charge in [-0.1, -0.05) is 13.0 Å². The van der Waals surface area contributed by atoms with Crippen molar-refractivity contribution in [3.63, 3.8) is 0 Å². The van der Waals surface area contributed by atoms with Crippen LogP contribution in [0.4, 0.5) is 8.78 Å². The molecule has 0 heterocycles. The summed E-state index contributed by atoms with van der Waals surface area (Å²) in [5.74, 6) is -0.459. The second-order valence-corrected chi connectivity index (χ2v) is 4.40. The van der Waals surface area contributed by atoms with Gasteiger partial charge in [0.1, 0.15) is 11.6 Å². The average Bonchev–Trinajstić information content (AvgIpc) is 3.06. The van der Waals surface area contributed by atoms with Gasteiger partial charge < -0.3 is 5.32 Å². The molecule has 0 bridgehead atoms. The molecule has 0 aliphatic heterocycles. The highest BCUT2D eigenvalue weighted by Gasteiger charge is 2.34. The Hall–Kier alpha value is -0.960. The summed E-state index contributed by atoms with van der Waals surface area (Å²) in [5, 5.41) is 3.25. The zero-order chi connectivity index (χ0) is 11.5. The molecule has 3 heteroatoms. The molecular formula is C13H17F2N. The van der Waals surface area contributed by atoms with E-state index in [4.69, 9.17) is 0 Å². The van der Waals surface area contributed by atoms with Crippen LogP contribution >= 0.6 is 0 Å². The maximum Gasteiger partial charge on any atom is 0.130 e. The summed E-state index contributed by atoms with van der Waals surface area (Å²) in [5.41, 5.74) is 0.221. The summed E-state index contributed by atoms with van der Waals surface area (Å²) in [6.45, 7) is 2.85. The maximum absolute atomic E-state index is 13.6. The molecule has 1 unspecified atom stereocenters. The largest absolute Gasteiger partial charge is 0.310 e. The zero-order valence-electron chi connectivity index (χ0n) is 9.47. The van der Waals surface area contributed by atoms with Crippen LogP contribution in [0.3, 0.4) is 0 Å². The lowest BCUT2D eigenvalue weighted by molar-refractivity contribution is 0.432. The summed E-state index contributed by atoms with van der Waals surface area (Å²) < 4.78 is 27.3. The molecule has 88 valence electrons. The quantitative estimate of drug-likeness (QED) is 0.809. The van der Waals surface area contributed by atoms with Crippen molar-refractivity contribution in [2.45, 2.75) is 32.2 Å². The Morgan fingerprint density at radius 3 is 2.44 bits per heavy atom. The molecule has 0 amide bonds. The number of nitrogens with one attached hydrogen (secondary N) is 1. The molecule has 0 radical (unpaired) electrons. The van der Waals surface area contributed by atoms with E-state index in [1.165, 1.54) is 18.2 Å². The van der Waals surface area contributed by atoms with Crippen LogP contribution in [0.25, 0.3) is 0 Å². The molecule has 1 fully saturated rings. The second-order valence-electron chi connectivity index (χ2n) is 4.40. The molecule has 16 heavy (non-hydrogen) atoms. The fourth-order valence-corrected chi connectivity index (χ4v) is 2.04. The topological polar surface area (TPSA) is 12.0 Å². The highest BCUT2D eigenvalue weighted by molar-refractivity contribution is 5.25. The van der Waals surface area contributed by atoms with Crippen molar-refractivity contribution in [1.29, 1.82) is 0 Å². The third-order valence-electron chi connectivity index (χ3n) is 3.02. The second kappa shape index (κ2) is 4.91. The molecular weight excluding hydrogens is 208 g/mol. The predicted molar refractivity (Wildman–Crippen MR) is 60.1 cm³/mol. The number of benzene rings is 1. The minimum Gasteiger partial charge on any atom is -0.310 e. The van der Waals surface area contributed by atoms with Crippen LogP contribution < -0.4 is 5.32 Å². The Bertz CT molecular complexity index is 341. The molecule has 0 aromatic heterocycles. The van der Waals surface area contributed by atoms with E-state index in [0.29, 0.717) is 5.92 Å². The van der Waals surface area contributed by atoms with Crippen LogP contribution in [0.2, 0.25) is 0 Å². The van der Waals surface area contributed by atoms with Gasteiger partial charge in [-0.2, -0.15) is 0 Å². The zero-order valence-corrected chi connectivity index (χ0v) is 9.47. The fourth-order valence-electron chi connectivity index (χ4n) is 2.04. The minimum absolute atomic E-state index is 0.152. The smallest absolute Gasteiger partial charge is 0.130 e. The summed E-state index contributed by atoms with van der Waals surface area (Å²) in [7, 11) is 0. The summed E-state index contributed by atoms with van der Waals surface area (Å²) in [6.07, 6.45) is 3.10. The van der Waals surface area contributed by atoms with Gasteiger partial charge in [0.05, 0.1) is 0 Å². The van der Waals surface area contributed by atoms with Gasteiger partial charge >= 0.3 is 0 Å². The molecule has 1 N–H and O–H groups in total. The first-order chi connectivity index (χ1) is 7.74. The van der Waals surface area contributed by atoms with Crippen molar-refractivity contribution in [3.8, 4) is 0 Å². The monoisotopic (exact) mass is 225 g/mol. The van der Waals surface area contributed by atoms with Crippen molar-refractivity contribution in [2.75, 3.05) is 6.54 Å². The van der Waals surface area contributed by atoms with E-state index >= 15 is 0 Å². The van der Waals surface area contributed by atoms with Crippen molar-refractivity contribution >= 4 is 0 Å². The lowest BCUT2D eigenvalue weighted by Gasteiger charge is -2.19. The normalized spacial score (nSPS) is 17.4. The van der Waals surface area contributed by atoms with Crippen LogP contribution in [-0.2, 0) is 0 Å². The average molecular weight is 225 g/mol. The third kappa shape index (κ3) is 2.40. The highest BCUT2D eigenvalue weighted by atomic mass is 19.1. The maximum atomic E-state index is 13.6. The van der Waals surface area contributed by atoms with Crippen molar-refractivity contribution in [3.05, 3.63) is 35.4 Å². The fraction of sp³-hybridized carbons (Fsp3) is 0.538. The molecule has 1 aliphatic rings. The van der Waals surface area contributed by atoms with E-state index in [9.17, 15) is 8.78 Å². The minimum atomic E-state index is -0.430. The standard InChI is InChI=1S/C13H17F2N/c1-2-8-16-13(9-6-7-9)12-10(14)4-3-5-11(12)15/h3-5,9,13,16H,2,6-8H2,1H3. The van der Waals surface area contributed by atoms with E-state index in [0.717, 1.165) is 25.8 Å². The van der Waals surface area contributed by atoms with Gasteiger partial charge in [0.25, 0.3) is 0 Å². The number of hydrogen-bond acceptors (Lipinski definition) is 1. The SMILES string of the molecule is CCCNC(c1c(F)cccc1F)C1CC1. The Balaban J connectivity index is 2.23. The first-order valence-corrected chi connectivity index (χ1v) is 5.91. The van der Waals surface area contributed by atoms with Crippen molar-refractivity contribution in [1.82, 2.24) is 5.32 Å². The Morgan fingerprint density at radius 2 is 1.94 bits per heavy atom. The number of rotatable bonds is 5. The summed E-state index contributed by atoms with van der Waals surface area (Å²) >= 11 is 0. The van der Waals surface area contributed by atoms with Crippen LogP contribution in [-0.4, -0.2) is 6.54 Å². The van der Waals surface area contributed by atoms with Gasteiger partial charge in [0.2, 0.25) is 0 Å². The molecule has 2 rings (SSSR count). The van der Waals surface area contributed by atoms with E-state index in [1.807, 2.05) is 0 Å². The highest BCUT2D eigenvalue weighted by Crippen LogP contribution is 2.42. The molecule has 0 spiro atoms. The lowest BCUT2D eigenvalue weighted by atomic mass is 10.0. The van der Waals surface area contributed by atoms with Gasteiger partial charge in [-0.05, 0) is 43.9 Å². The van der Waals surface area contributed by atoms with Gasteiger partial charge in [-0.3, -0.25) is 0 Å². The van der Waals surface area contributed by atoms with Gasteiger partial charge in [-0.15, -0.1) is 0 Å². The first kappa shape index (κ1) is 11.5. The van der Waals surface area contributed by atoms with Gasteiger partial charge in [0, 0.05) is 11.6 Å². The predicted octanol–water partition coefficient (Wildman–Crippen LogP) is 3.42. The Labute approximate surface area is 94.9 Å². The third-order valence-corrected chi connectivity index (χ3v) is 3.02. The molecule has 0 saturated heterocycles.